The summed E-state index contributed by atoms with van der Waals surface area (Å²) in [6, 6.07) is 0.659. The van der Waals surface area contributed by atoms with Gasteiger partial charge in [-0.3, -0.25) is 4.90 Å². The molecule has 1 atom stereocenters. The second-order valence-electron chi connectivity index (χ2n) is 5.24. The van der Waals surface area contributed by atoms with Crippen LogP contribution in [0.25, 0.3) is 0 Å². The molecule has 4 heteroatoms. The first-order chi connectivity index (χ1) is 8.24. The molecule has 0 spiro atoms. The van der Waals surface area contributed by atoms with E-state index in [4.69, 9.17) is 5.11 Å². The standard InChI is InChI=1S/C13H29N3O/c1-15-8-9-16(2)13(12-15)11-14-7-5-3-4-6-10-17/h13-14,17H,3-12H2,1-2H3. The number of hydrogen-bond donors (Lipinski definition) is 2. The molecule has 1 unspecified atom stereocenters. The van der Waals surface area contributed by atoms with Crippen molar-refractivity contribution in [1.29, 1.82) is 0 Å². The van der Waals surface area contributed by atoms with Gasteiger partial charge in [-0.15, -0.1) is 0 Å². The quantitative estimate of drug-likeness (QED) is 0.604. The van der Waals surface area contributed by atoms with Crippen LogP contribution < -0.4 is 5.32 Å². The topological polar surface area (TPSA) is 38.7 Å². The minimum absolute atomic E-state index is 0.340. The molecule has 0 aromatic carbocycles. The molecule has 1 aliphatic heterocycles. The molecule has 1 rings (SSSR count). The van der Waals surface area contributed by atoms with E-state index in [1.807, 2.05) is 0 Å². The van der Waals surface area contributed by atoms with E-state index in [1.165, 1.54) is 32.5 Å². The third-order valence-electron chi connectivity index (χ3n) is 3.62. The van der Waals surface area contributed by atoms with E-state index in [-0.39, 0.29) is 0 Å². The van der Waals surface area contributed by atoms with Crippen LogP contribution in [0.15, 0.2) is 0 Å². The lowest BCUT2D eigenvalue weighted by molar-refractivity contribution is 0.113. The zero-order valence-electron chi connectivity index (χ0n) is 11.5. The number of piperazine rings is 1. The van der Waals surface area contributed by atoms with Gasteiger partial charge < -0.3 is 15.3 Å². The highest BCUT2D eigenvalue weighted by atomic mass is 16.2. The van der Waals surface area contributed by atoms with Crippen LogP contribution in [0.4, 0.5) is 0 Å². The average Bonchev–Trinajstić information content (AvgIpc) is 2.32. The zero-order valence-corrected chi connectivity index (χ0v) is 11.5. The van der Waals surface area contributed by atoms with Gasteiger partial charge in [0.05, 0.1) is 0 Å². The Morgan fingerprint density at radius 3 is 2.65 bits per heavy atom. The van der Waals surface area contributed by atoms with Gasteiger partial charge >= 0.3 is 0 Å². The van der Waals surface area contributed by atoms with Crippen LogP contribution in [0.2, 0.25) is 0 Å². The molecule has 17 heavy (non-hydrogen) atoms. The summed E-state index contributed by atoms with van der Waals surface area (Å²) in [7, 11) is 4.43. The number of nitrogens with zero attached hydrogens (tertiary/aromatic N) is 2. The monoisotopic (exact) mass is 243 g/mol. The summed E-state index contributed by atoms with van der Waals surface area (Å²) < 4.78 is 0. The summed E-state index contributed by atoms with van der Waals surface area (Å²) in [5.41, 5.74) is 0. The third-order valence-corrected chi connectivity index (χ3v) is 3.62. The Kier molecular flexibility index (Phi) is 7.77. The van der Waals surface area contributed by atoms with Crippen molar-refractivity contribution in [2.24, 2.45) is 0 Å². The molecule has 0 amide bonds. The molecule has 0 aliphatic carbocycles. The van der Waals surface area contributed by atoms with E-state index < -0.39 is 0 Å². The van der Waals surface area contributed by atoms with E-state index in [0.29, 0.717) is 12.6 Å². The van der Waals surface area contributed by atoms with E-state index in [0.717, 1.165) is 25.9 Å². The van der Waals surface area contributed by atoms with Crippen molar-refractivity contribution in [2.75, 3.05) is 53.4 Å². The molecular formula is C13H29N3O. The maximum absolute atomic E-state index is 8.67. The van der Waals surface area contributed by atoms with Gasteiger partial charge in [0.2, 0.25) is 0 Å². The van der Waals surface area contributed by atoms with Crippen LogP contribution in [0.3, 0.4) is 0 Å². The van der Waals surface area contributed by atoms with E-state index >= 15 is 0 Å². The van der Waals surface area contributed by atoms with Gasteiger partial charge in [-0.1, -0.05) is 12.8 Å². The molecule has 0 aromatic heterocycles. The van der Waals surface area contributed by atoms with Crippen LogP contribution in [-0.4, -0.2) is 74.4 Å². The van der Waals surface area contributed by atoms with Crippen molar-refractivity contribution in [3.8, 4) is 0 Å². The van der Waals surface area contributed by atoms with Crippen LogP contribution >= 0.6 is 0 Å². The SMILES string of the molecule is CN1CCN(C)C(CNCCCCCCO)C1. The summed E-state index contributed by atoms with van der Waals surface area (Å²) in [4.78, 5) is 4.87. The molecule has 0 aromatic rings. The van der Waals surface area contributed by atoms with Crippen molar-refractivity contribution >= 4 is 0 Å². The number of unbranched alkanes of at least 4 members (excludes halogenated alkanes) is 3. The predicted molar refractivity (Wildman–Crippen MR) is 72.3 cm³/mol. The van der Waals surface area contributed by atoms with Gasteiger partial charge in [0, 0.05) is 38.8 Å². The summed E-state index contributed by atoms with van der Waals surface area (Å²) >= 11 is 0. The van der Waals surface area contributed by atoms with Crippen molar-refractivity contribution in [3.63, 3.8) is 0 Å². The van der Waals surface area contributed by atoms with E-state index in [2.05, 4.69) is 29.2 Å². The molecule has 0 radical (unpaired) electrons. The minimum atomic E-state index is 0.340. The summed E-state index contributed by atoms with van der Waals surface area (Å²) in [6.07, 6.45) is 4.57. The van der Waals surface area contributed by atoms with Crippen LogP contribution in [0, 0.1) is 0 Å². The molecule has 1 aliphatic rings. The Bertz CT molecular complexity index is 190. The Hall–Kier alpha value is -0.160. The number of aliphatic hydroxyl groups excluding tert-OH is 1. The number of rotatable bonds is 8. The second-order valence-corrected chi connectivity index (χ2v) is 5.24. The lowest BCUT2D eigenvalue weighted by Gasteiger charge is -2.37. The highest BCUT2D eigenvalue weighted by Crippen LogP contribution is 2.04. The highest BCUT2D eigenvalue weighted by molar-refractivity contribution is 4.80. The molecule has 1 saturated heterocycles. The van der Waals surface area contributed by atoms with Gasteiger partial charge in [0.1, 0.15) is 0 Å². The molecule has 102 valence electrons. The lowest BCUT2D eigenvalue weighted by atomic mass is 10.1. The maximum Gasteiger partial charge on any atom is 0.0431 e. The summed E-state index contributed by atoms with van der Waals surface area (Å²) in [5, 5.41) is 12.2. The largest absolute Gasteiger partial charge is 0.396 e. The fraction of sp³-hybridized carbons (Fsp3) is 1.00. The fourth-order valence-electron chi connectivity index (χ4n) is 2.31. The molecule has 1 heterocycles. The summed E-state index contributed by atoms with van der Waals surface area (Å²) in [6.45, 7) is 6.09. The Balaban J connectivity index is 1.97. The molecule has 1 fully saturated rings. The Morgan fingerprint density at radius 2 is 1.88 bits per heavy atom. The van der Waals surface area contributed by atoms with Gasteiger partial charge in [-0.05, 0) is 33.5 Å². The number of likely N-dealkylation sites (N-methyl/N-ethyl adjacent to an activating group) is 2. The molecular weight excluding hydrogens is 214 g/mol. The van der Waals surface area contributed by atoms with Crippen LogP contribution in [-0.2, 0) is 0 Å². The average molecular weight is 243 g/mol. The number of nitrogens with one attached hydrogen (secondary N) is 1. The number of aliphatic hydroxyl groups is 1. The van der Waals surface area contributed by atoms with Crippen LogP contribution in [0.5, 0.6) is 0 Å². The Morgan fingerprint density at radius 1 is 1.12 bits per heavy atom. The molecule has 0 saturated carbocycles. The van der Waals surface area contributed by atoms with Crippen LogP contribution in [0.1, 0.15) is 25.7 Å². The van der Waals surface area contributed by atoms with Crippen molar-refractivity contribution in [2.45, 2.75) is 31.7 Å². The van der Waals surface area contributed by atoms with E-state index in [1.54, 1.807) is 0 Å². The molecule has 2 N–H and O–H groups in total. The van der Waals surface area contributed by atoms with Crippen molar-refractivity contribution in [3.05, 3.63) is 0 Å². The third kappa shape index (κ3) is 6.36. The van der Waals surface area contributed by atoms with Crippen molar-refractivity contribution in [1.82, 2.24) is 15.1 Å². The normalized spacial score (nSPS) is 23.1. The first-order valence-electron chi connectivity index (χ1n) is 6.94. The zero-order chi connectivity index (χ0) is 12.5. The lowest BCUT2D eigenvalue weighted by Crippen LogP contribution is -2.53. The maximum atomic E-state index is 8.67. The fourth-order valence-corrected chi connectivity index (χ4v) is 2.31. The van der Waals surface area contributed by atoms with Crippen molar-refractivity contribution < 1.29 is 5.11 Å². The Labute approximate surface area is 106 Å². The minimum Gasteiger partial charge on any atom is -0.396 e. The number of hydrogen-bond acceptors (Lipinski definition) is 4. The van der Waals surface area contributed by atoms with Gasteiger partial charge in [0.25, 0.3) is 0 Å². The van der Waals surface area contributed by atoms with Gasteiger partial charge in [-0.25, -0.2) is 0 Å². The van der Waals surface area contributed by atoms with Gasteiger partial charge in [0.15, 0.2) is 0 Å². The molecule has 4 nitrogen and oxygen atoms in total. The van der Waals surface area contributed by atoms with E-state index in [9.17, 15) is 0 Å². The second kappa shape index (κ2) is 8.86. The first kappa shape index (κ1) is 14.9. The molecule has 0 bridgehead atoms. The summed E-state index contributed by atoms with van der Waals surface area (Å²) in [5.74, 6) is 0. The highest BCUT2D eigenvalue weighted by Gasteiger charge is 2.21. The smallest absolute Gasteiger partial charge is 0.0431 e. The van der Waals surface area contributed by atoms with Gasteiger partial charge in [-0.2, -0.15) is 0 Å². The first-order valence-corrected chi connectivity index (χ1v) is 6.94. The predicted octanol–water partition coefficient (Wildman–Crippen LogP) is 0.375.